The predicted octanol–water partition coefficient (Wildman–Crippen LogP) is 3.52. The topological polar surface area (TPSA) is 47.2 Å². The number of carbonyl (C=O) groups is 1. The lowest BCUT2D eigenvalue weighted by Gasteiger charge is -2.41. The zero-order chi connectivity index (χ0) is 19.8. The lowest BCUT2D eigenvalue weighted by atomic mass is 9.98. The number of halogens is 1. The highest BCUT2D eigenvalue weighted by Crippen LogP contribution is 2.33. The molecule has 0 radical (unpaired) electrons. The minimum Gasteiger partial charge on any atom is -0.296 e. The molecule has 2 aromatic carbocycles. The summed E-state index contributed by atoms with van der Waals surface area (Å²) in [5.74, 6) is -0.254. The van der Waals surface area contributed by atoms with Crippen molar-refractivity contribution in [2.75, 3.05) is 4.90 Å². The van der Waals surface area contributed by atoms with Gasteiger partial charge in [-0.1, -0.05) is 60.7 Å². The molecule has 1 saturated heterocycles. The van der Waals surface area contributed by atoms with Crippen molar-refractivity contribution in [1.29, 1.82) is 0 Å². The van der Waals surface area contributed by atoms with Crippen molar-refractivity contribution in [1.82, 2.24) is 9.36 Å². The number of alkyl halides is 1. The molecule has 0 saturated carbocycles. The maximum absolute atomic E-state index is 13.2. The number of anilines is 1. The van der Waals surface area contributed by atoms with E-state index in [0.29, 0.717) is 11.4 Å². The average molecular weight is 394 g/mol. The molecule has 1 amide bonds. The number of hydrogen-bond acceptors (Lipinski definition) is 2. The second kappa shape index (κ2) is 7.17. The van der Waals surface area contributed by atoms with Crippen molar-refractivity contribution in [3.8, 4) is 5.69 Å². The molecule has 6 heteroatoms. The zero-order valence-electron chi connectivity index (χ0n) is 15.6. The van der Waals surface area contributed by atoms with Gasteiger partial charge in [0.2, 0.25) is 5.91 Å². The van der Waals surface area contributed by atoms with Crippen molar-refractivity contribution >= 4 is 29.3 Å². The lowest BCUT2D eigenvalue weighted by Crippen LogP contribution is -2.63. The monoisotopic (exact) mass is 393 g/mol. The number of para-hydroxylation sites is 1. The van der Waals surface area contributed by atoms with Crippen molar-refractivity contribution in [2.24, 2.45) is 7.05 Å². The van der Waals surface area contributed by atoms with Crippen LogP contribution < -0.4 is 10.5 Å². The van der Waals surface area contributed by atoms with Gasteiger partial charge in [0, 0.05) is 7.05 Å². The summed E-state index contributed by atoms with van der Waals surface area (Å²) in [4.78, 5) is 27.3. The first-order valence-electron chi connectivity index (χ1n) is 9.05. The summed E-state index contributed by atoms with van der Waals surface area (Å²) in [6.07, 6.45) is 3.81. The van der Waals surface area contributed by atoms with Crippen molar-refractivity contribution in [3.63, 3.8) is 0 Å². The van der Waals surface area contributed by atoms with Gasteiger partial charge in [0.05, 0.1) is 17.4 Å². The maximum atomic E-state index is 13.2. The first-order valence-corrected chi connectivity index (χ1v) is 9.49. The zero-order valence-corrected chi connectivity index (χ0v) is 16.4. The van der Waals surface area contributed by atoms with Crippen molar-refractivity contribution in [3.05, 3.63) is 88.4 Å². The molecule has 1 fully saturated rings. The van der Waals surface area contributed by atoms with E-state index in [1.165, 1.54) is 4.90 Å². The molecule has 0 aliphatic carbocycles. The maximum Gasteiger partial charge on any atom is 0.295 e. The summed E-state index contributed by atoms with van der Waals surface area (Å²) in [7, 11) is 1.81. The number of hydrogen-bond donors (Lipinski definition) is 0. The molecule has 2 unspecified atom stereocenters. The molecular formula is C22H20ClN3O2. The SMILES string of the molecule is Cc1c(N2C(=O)C(Cl)C2C=Cc2ccccc2)c(=O)n(-c2ccccc2)n1C. The molecule has 2 heterocycles. The van der Waals surface area contributed by atoms with E-state index in [2.05, 4.69) is 0 Å². The van der Waals surface area contributed by atoms with E-state index in [9.17, 15) is 9.59 Å². The molecule has 0 bridgehead atoms. The van der Waals surface area contributed by atoms with E-state index >= 15 is 0 Å². The van der Waals surface area contributed by atoms with E-state index in [4.69, 9.17) is 11.6 Å². The lowest BCUT2D eigenvalue weighted by molar-refractivity contribution is -0.122. The van der Waals surface area contributed by atoms with Gasteiger partial charge in [0.25, 0.3) is 5.56 Å². The van der Waals surface area contributed by atoms with Gasteiger partial charge in [-0.25, -0.2) is 4.68 Å². The van der Waals surface area contributed by atoms with Crippen LogP contribution >= 0.6 is 11.6 Å². The molecule has 2 atom stereocenters. The van der Waals surface area contributed by atoms with Crippen LogP contribution in [0, 0.1) is 6.92 Å². The highest BCUT2D eigenvalue weighted by molar-refractivity contribution is 6.37. The van der Waals surface area contributed by atoms with Crippen LogP contribution in [0.3, 0.4) is 0 Å². The first-order chi connectivity index (χ1) is 13.5. The first kappa shape index (κ1) is 18.3. The number of aromatic nitrogens is 2. The number of rotatable bonds is 4. The number of nitrogens with zero attached hydrogens (tertiary/aromatic N) is 3. The summed E-state index contributed by atoms with van der Waals surface area (Å²) < 4.78 is 3.33. The minimum atomic E-state index is -0.677. The Kier molecular flexibility index (Phi) is 4.69. The Morgan fingerprint density at radius 1 is 0.964 bits per heavy atom. The van der Waals surface area contributed by atoms with Crippen LogP contribution in [0.5, 0.6) is 0 Å². The normalized spacial score (nSPS) is 19.2. The molecule has 28 heavy (non-hydrogen) atoms. The van der Waals surface area contributed by atoms with Gasteiger partial charge in [-0.15, -0.1) is 11.6 Å². The fraction of sp³-hybridized carbons (Fsp3) is 0.182. The Balaban J connectivity index is 1.75. The van der Waals surface area contributed by atoms with Gasteiger partial charge < -0.3 is 0 Å². The van der Waals surface area contributed by atoms with Gasteiger partial charge in [-0.05, 0) is 24.6 Å². The Morgan fingerprint density at radius 2 is 1.57 bits per heavy atom. The summed E-state index contributed by atoms with van der Waals surface area (Å²) in [5.41, 5.74) is 2.61. The highest BCUT2D eigenvalue weighted by Gasteiger charge is 2.48. The molecule has 1 aliphatic heterocycles. The van der Waals surface area contributed by atoms with Crippen molar-refractivity contribution in [2.45, 2.75) is 18.3 Å². The highest BCUT2D eigenvalue weighted by atomic mass is 35.5. The second-order valence-corrected chi connectivity index (χ2v) is 7.25. The predicted molar refractivity (Wildman–Crippen MR) is 112 cm³/mol. The Morgan fingerprint density at radius 3 is 2.21 bits per heavy atom. The molecular weight excluding hydrogens is 374 g/mol. The largest absolute Gasteiger partial charge is 0.296 e. The molecule has 0 spiro atoms. The molecule has 0 N–H and O–H groups in total. The van der Waals surface area contributed by atoms with E-state index < -0.39 is 5.38 Å². The van der Waals surface area contributed by atoms with Gasteiger partial charge in [-0.3, -0.25) is 19.2 Å². The van der Waals surface area contributed by atoms with Crippen LogP contribution in [0.4, 0.5) is 5.69 Å². The molecule has 142 valence electrons. The van der Waals surface area contributed by atoms with Gasteiger partial charge in [-0.2, -0.15) is 0 Å². The third-order valence-electron chi connectivity index (χ3n) is 5.12. The van der Waals surface area contributed by atoms with Crippen LogP contribution in [0.15, 0.2) is 71.5 Å². The van der Waals surface area contributed by atoms with Crippen molar-refractivity contribution < 1.29 is 4.79 Å². The van der Waals surface area contributed by atoms with Gasteiger partial charge >= 0.3 is 0 Å². The quantitative estimate of drug-likeness (QED) is 0.503. The minimum absolute atomic E-state index is 0.235. The number of amides is 1. The average Bonchev–Trinajstić information content (AvgIpc) is 2.94. The van der Waals surface area contributed by atoms with Gasteiger partial charge in [0.15, 0.2) is 0 Å². The summed E-state index contributed by atoms with van der Waals surface area (Å²) >= 11 is 6.29. The molecule has 3 aromatic rings. The Bertz CT molecular complexity index is 1100. The summed E-state index contributed by atoms with van der Waals surface area (Å²) in [6.45, 7) is 1.84. The van der Waals surface area contributed by atoms with E-state index in [1.807, 2.05) is 86.8 Å². The fourth-order valence-electron chi connectivity index (χ4n) is 3.52. The Labute approximate surface area is 168 Å². The smallest absolute Gasteiger partial charge is 0.295 e. The van der Waals surface area contributed by atoms with E-state index in [-0.39, 0.29) is 17.5 Å². The van der Waals surface area contributed by atoms with Crippen LogP contribution in [-0.2, 0) is 11.8 Å². The molecule has 1 aliphatic rings. The second-order valence-electron chi connectivity index (χ2n) is 6.78. The number of benzene rings is 2. The van der Waals surface area contributed by atoms with Crippen LogP contribution in [0.25, 0.3) is 11.8 Å². The third-order valence-corrected chi connectivity index (χ3v) is 5.57. The number of β-lactam (4-membered cyclic amide) rings is 1. The van der Waals surface area contributed by atoms with E-state index in [0.717, 1.165) is 11.3 Å². The summed E-state index contributed by atoms with van der Waals surface area (Å²) in [6, 6.07) is 18.8. The molecule has 5 nitrogen and oxygen atoms in total. The molecule has 1 aromatic heterocycles. The standard InChI is InChI=1S/C22H20ClN3O2/c1-15-20(22(28)26(24(15)2)17-11-7-4-8-12-17)25-18(19(23)21(25)27)14-13-16-9-5-3-6-10-16/h3-14,18-19H,1-2H3. The van der Waals surface area contributed by atoms with Crippen LogP contribution in [0.1, 0.15) is 11.3 Å². The van der Waals surface area contributed by atoms with E-state index in [1.54, 1.807) is 9.36 Å². The van der Waals surface area contributed by atoms with Gasteiger partial charge in [0.1, 0.15) is 11.1 Å². The number of carbonyl (C=O) groups excluding carboxylic acids is 1. The third kappa shape index (κ3) is 2.88. The molecule has 4 rings (SSSR count). The summed E-state index contributed by atoms with van der Waals surface area (Å²) in [5, 5.41) is -0.677. The Hall–Kier alpha value is -3.05. The van der Waals surface area contributed by atoms with Crippen LogP contribution in [-0.4, -0.2) is 26.7 Å². The fourth-order valence-corrected chi connectivity index (χ4v) is 3.82. The van der Waals surface area contributed by atoms with Crippen LogP contribution in [0.2, 0.25) is 0 Å².